The number of rotatable bonds is 6. The van der Waals surface area contributed by atoms with Crippen molar-refractivity contribution in [3.8, 4) is 33.4 Å². The van der Waals surface area contributed by atoms with Crippen LogP contribution in [0.2, 0.25) is 0 Å². The number of anilines is 3. The Morgan fingerprint density at radius 2 is 0.962 bits per heavy atom. The second-order valence-corrected chi connectivity index (χ2v) is 14.1. The molecule has 1 atom stereocenters. The molecule has 1 nitrogen and oxygen atoms in total. The van der Waals surface area contributed by atoms with E-state index < -0.39 is 0 Å². The number of hydrogen-bond donors (Lipinski definition) is 0. The third-order valence-electron chi connectivity index (χ3n) is 11.0. The number of fused-ring (bicyclic) bond motifs is 6. The summed E-state index contributed by atoms with van der Waals surface area (Å²) < 4.78 is 0. The minimum absolute atomic E-state index is 0.238. The van der Waals surface area contributed by atoms with Crippen molar-refractivity contribution in [3.63, 3.8) is 0 Å². The molecule has 250 valence electrons. The Morgan fingerprint density at radius 3 is 1.75 bits per heavy atom. The number of nitrogens with zero attached hydrogens (tertiary/aromatic N) is 1. The second-order valence-electron chi connectivity index (χ2n) is 14.1. The molecule has 0 spiro atoms. The van der Waals surface area contributed by atoms with Crippen LogP contribution in [-0.4, -0.2) is 0 Å². The predicted molar refractivity (Wildman–Crippen MR) is 224 cm³/mol. The Morgan fingerprint density at radius 1 is 0.358 bits per heavy atom. The second kappa shape index (κ2) is 13.1. The topological polar surface area (TPSA) is 3.24 Å². The fourth-order valence-electron chi connectivity index (χ4n) is 8.40. The molecule has 1 aliphatic rings. The first-order chi connectivity index (χ1) is 26.3. The van der Waals surface area contributed by atoms with Crippen molar-refractivity contribution >= 4 is 38.6 Å². The van der Waals surface area contributed by atoms with Gasteiger partial charge in [0, 0.05) is 23.0 Å². The van der Waals surface area contributed by atoms with E-state index in [4.69, 9.17) is 0 Å². The van der Waals surface area contributed by atoms with Crippen molar-refractivity contribution in [3.05, 3.63) is 223 Å². The molecule has 1 aliphatic carbocycles. The van der Waals surface area contributed by atoms with Gasteiger partial charge in [0.2, 0.25) is 0 Å². The largest absolute Gasteiger partial charge is 0.310 e. The summed E-state index contributed by atoms with van der Waals surface area (Å²) in [5.74, 6) is 0.238. The van der Waals surface area contributed by atoms with E-state index in [9.17, 15) is 0 Å². The maximum Gasteiger partial charge on any atom is 0.0464 e. The molecule has 0 saturated carbocycles. The van der Waals surface area contributed by atoms with Crippen LogP contribution >= 0.6 is 0 Å². The van der Waals surface area contributed by atoms with Gasteiger partial charge in [0.05, 0.1) is 0 Å². The molecule has 0 saturated heterocycles. The van der Waals surface area contributed by atoms with Gasteiger partial charge in [-0.05, 0) is 121 Å². The first kappa shape index (κ1) is 31.1. The van der Waals surface area contributed by atoms with Gasteiger partial charge in [0.15, 0.2) is 0 Å². The van der Waals surface area contributed by atoms with E-state index in [2.05, 4.69) is 211 Å². The molecule has 10 rings (SSSR count). The summed E-state index contributed by atoms with van der Waals surface area (Å²) in [6.07, 6.45) is 0.962. The van der Waals surface area contributed by atoms with Gasteiger partial charge < -0.3 is 4.90 Å². The van der Waals surface area contributed by atoms with E-state index in [1.807, 2.05) is 0 Å². The molecule has 1 unspecified atom stereocenters. The van der Waals surface area contributed by atoms with Crippen LogP contribution in [0.15, 0.2) is 206 Å². The zero-order valence-corrected chi connectivity index (χ0v) is 29.4. The summed E-state index contributed by atoms with van der Waals surface area (Å²) in [5.41, 5.74) is 15.1. The minimum Gasteiger partial charge on any atom is -0.310 e. The average molecular weight is 676 g/mol. The third-order valence-corrected chi connectivity index (χ3v) is 11.0. The number of hydrogen-bond acceptors (Lipinski definition) is 1. The molecule has 0 radical (unpaired) electrons. The van der Waals surface area contributed by atoms with Gasteiger partial charge in [0.25, 0.3) is 0 Å². The molecule has 9 aromatic rings. The van der Waals surface area contributed by atoms with Crippen LogP contribution in [-0.2, 0) is 6.42 Å². The van der Waals surface area contributed by atoms with Crippen molar-refractivity contribution in [1.82, 2.24) is 0 Å². The Kier molecular flexibility index (Phi) is 7.69. The van der Waals surface area contributed by atoms with E-state index in [-0.39, 0.29) is 5.92 Å². The van der Waals surface area contributed by atoms with E-state index >= 15 is 0 Å². The van der Waals surface area contributed by atoms with Crippen molar-refractivity contribution in [2.24, 2.45) is 0 Å². The fraction of sp³-hybridized carbons (Fsp3) is 0.0385. The van der Waals surface area contributed by atoms with Gasteiger partial charge >= 0.3 is 0 Å². The highest BCUT2D eigenvalue weighted by Gasteiger charge is 2.27. The lowest BCUT2D eigenvalue weighted by atomic mass is 9.74. The van der Waals surface area contributed by atoms with Crippen LogP contribution in [0.1, 0.15) is 22.6 Å². The van der Waals surface area contributed by atoms with Crippen LogP contribution in [0.4, 0.5) is 17.1 Å². The summed E-state index contributed by atoms with van der Waals surface area (Å²) in [6.45, 7) is 0. The molecule has 0 bridgehead atoms. The molecular weight excluding hydrogens is 639 g/mol. The average Bonchev–Trinajstić information content (AvgIpc) is 3.24. The molecule has 0 N–H and O–H groups in total. The van der Waals surface area contributed by atoms with Gasteiger partial charge in [-0.15, -0.1) is 0 Å². The maximum atomic E-state index is 2.42. The van der Waals surface area contributed by atoms with Crippen molar-refractivity contribution in [2.45, 2.75) is 12.3 Å². The summed E-state index contributed by atoms with van der Waals surface area (Å²) in [4.78, 5) is 2.40. The molecule has 0 amide bonds. The lowest BCUT2D eigenvalue weighted by molar-refractivity contribution is 0.799. The summed E-state index contributed by atoms with van der Waals surface area (Å²) in [5, 5.41) is 5.17. The van der Waals surface area contributed by atoms with Crippen LogP contribution in [0, 0.1) is 0 Å². The molecule has 9 aromatic carbocycles. The Bertz CT molecular complexity index is 2740. The fourth-order valence-corrected chi connectivity index (χ4v) is 8.40. The van der Waals surface area contributed by atoms with Crippen LogP contribution in [0.5, 0.6) is 0 Å². The minimum atomic E-state index is 0.238. The monoisotopic (exact) mass is 675 g/mol. The first-order valence-corrected chi connectivity index (χ1v) is 18.5. The molecule has 0 fully saturated rings. The third kappa shape index (κ3) is 5.68. The van der Waals surface area contributed by atoms with Crippen molar-refractivity contribution in [2.75, 3.05) is 4.90 Å². The number of benzene rings is 9. The normalized spacial score (nSPS) is 13.4. The highest BCUT2D eigenvalue weighted by molar-refractivity contribution is 5.94. The Labute approximate surface area is 311 Å². The smallest absolute Gasteiger partial charge is 0.0464 e. The molecular formula is C52H37N. The summed E-state index contributed by atoms with van der Waals surface area (Å²) in [7, 11) is 0. The Balaban J connectivity index is 1.07. The standard InChI is InChI=1S/C52H37N/c1-2-11-36(12-3-1)38-23-28-44(29-24-38)53(45-30-25-39(26-31-45)42-22-21-37-13-4-5-15-41(37)33-42)46-17-10-16-43(34-46)51-35-52-47-18-7-6-14-40(47)27-32-50(52)48-19-8-9-20-49(48)51/h1-34,51H,35H2. The highest BCUT2D eigenvalue weighted by Crippen LogP contribution is 2.46. The van der Waals surface area contributed by atoms with Crippen molar-refractivity contribution in [1.29, 1.82) is 0 Å². The van der Waals surface area contributed by atoms with Gasteiger partial charge in [-0.2, -0.15) is 0 Å². The van der Waals surface area contributed by atoms with Crippen LogP contribution < -0.4 is 4.90 Å². The molecule has 0 aliphatic heterocycles. The van der Waals surface area contributed by atoms with E-state index in [0.29, 0.717) is 0 Å². The zero-order valence-electron chi connectivity index (χ0n) is 29.4. The molecule has 1 heteroatoms. The summed E-state index contributed by atoms with van der Waals surface area (Å²) in [6, 6.07) is 75.6. The van der Waals surface area contributed by atoms with E-state index in [0.717, 1.165) is 23.5 Å². The zero-order chi connectivity index (χ0) is 35.1. The van der Waals surface area contributed by atoms with Crippen LogP contribution in [0.3, 0.4) is 0 Å². The predicted octanol–water partition coefficient (Wildman–Crippen LogP) is 14.2. The molecule has 0 heterocycles. The lowest BCUT2D eigenvalue weighted by Crippen LogP contribution is -2.14. The van der Waals surface area contributed by atoms with Crippen LogP contribution in [0.25, 0.3) is 54.9 Å². The van der Waals surface area contributed by atoms with Gasteiger partial charge in [-0.25, -0.2) is 0 Å². The van der Waals surface area contributed by atoms with E-state index in [1.54, 1.807) is 0 Å². The highest BCUT2D eigenvalue weighted by atomic mass is 15.1. The summed E-state index contributed by atoms with van der Waals surface area (Å²) >= 11 is 0. The van der Waals surface area contributed by atoms with Gasteiger partial charge in [-0.1, -0.05) is 164 Å². The van der Waals surface area contributed by atoms with Gasteiger partial charge in [-0.3, -0.25) is 0 Å². The maximum absolute atomic E-state index is 2.42. The lowest BCUT2D eigenvalue weighted by Gasteiger charge is -2.31. The molecule has 53 heavy (non-hydrogen) atoms. The quantitative estimate of drug-likeness (QED) is 0.170. The molecule has 0 aromatic heterocycles. The Hall–Kier alpha value is -6.70. The van der Waals surface area contributed by atoms with Crippen molar-refractivity contribution < 1.29 is 0 Å². The SMILES string of the molecule is c1ccc(-c2ccc(N(c3ccc(-c4ccc5ccccc5c4)cc3)c3cccc(C4Cc5c(ccc6ccccc56)-c5ccccc54)c3)cc2)cc1. The van der Waals surface area contributed by atoms with Gasteiger partial charge in [0.1, 0.15) is 0 Å². The first-order valence-electron chi connectivity index (χ1n) is 18.5. The van der Waals surface area contributed by atoms with E-state index in [1.165, 1.54) is 71.6 Å².